The van der Waals surface area contributed by atoms with Crippen LogP contribution in [0.3, 0.4) is 0 Å². The minimum atomic E-state index is 0. The summed E-state index contributed by atoms with van der Waals surface area (Å²) >= 11 is 1.71. The number of thiazole rings is 1. The van der Waals surface area contributed by atoms with Crippen molar-refractivity contribution in [2.45, 2.75) is 53.0 Å². The molecule has 1 saturated heterocycles. The standard InChI is InChI=1S/C19H35N5S.HI/c1-14(2)18(24-10-7-15(3)8-11-24)12-22-19(20-5)21-9-6-17-13-25-16(4)23-17;/h13-15,18H,6-12H2,1-5H3,(H2,20,21,22);1H. The maximum Gasteiger partial charge on any atom is 0.191 e. The highest BCUT2D eigenvalue weighted by molar-refractivity contribution is 14.0. The van der Waals surface area contributed by atoms with Crippen molar-refractivity contribution < 1.29 is 0 Å². The first-order valence-corrected chi connectivity index (χ1v) is 10.5. The van der Waals surface area contributed by atoms with Crippen LogP contribution in [0.25, 0.3) is 0 Å². The number of hydrogen-bond donors (Lipinski definition) is 2. The third kappa shape index (κ3) is 7.68. The number of rotatable bonds is 7. The van der Waals surface area contributed by atoms with Crippen LogP contribution in [-0.2, 0) is 6.42 Å². The van der Waals surface area contributed by atoms with E-state index >= 15 is 0 Å². The van der Waals surface area contributed by atoms with Crippen LogP contribution in [0.1, 0.15) is 44.3 Å². The summed E-state index contributed by atoms with van der Waals surface area (Å²) < 4.78 is 0. The molecule has 1 aromatic rings. The molecular formula is C19H36IN5S. The van der Waals surface area contributed by atoms with Gasteiger partial charge in [-0.1, -0.05) is 20.8 Å². The number of likely N-dealkylation sites (tertiary alicyclic amines) is 1. The van der Waals surface area contributed by atoms with Gasteiger partial charge >= 0.3 is 0 Å². The Labute approximate surface area is 180 Å². The van der Waals surface area contributed by atoms with E-state index in [1.165, 1.54) is 25.9 Å². The molecule has 0 amide bonds. The number of hydrogen-bond acceptors (Lipinski definition) is 4. The van der Waals surface area contributed by atoms with Crippen molar-refractivity contribution in [2.24, 2.45) is 16.8 Å². The summed E-state index contributed by atoms with van der Waals surface area (Å²) in [4.78, 5) is 11.5. The number of aryl methyl sites for hydroxylation is 1. The lowest BCUT2D eigenvalue weighted by Crippen LogP contribution is -2.51. The predicted molar refractivity (Wildman–Crippen MR) is 124 cm³/mol. The third-order valence-electron chi connectivity index (χ3n) is 5.10. The van der Waals surface area contributed by atoms with E-state index < -0.39 is 0 Å². The highest BCUT2D eigenvalue weighted by Crippen LogP contribution is 2.21. The van der Waals surface area contributed by atoms with Gasteiger partial charge in [-0.25, -0.2) is 4.98 Å². The molecule has 150 valence electrons. The molecule has 0 bridgehead atoms. The number of nitrogens with one attached hydrogen (secondary N) is 2. The summed E-state index contributed by atoms with van der Waals surface area (Å²) in [5, 5.41) is 10.2. The summed E-state index contributed by atoms with van der Waals surface area (Å²) in [5.41, 5.74) is 1.16. The van der Waals surface area contributed by atoms with Gasteiger partial charge in [-0.3, -0.25) is 9.89 Å². The van der Waals surface area contributed by atoms with Crippen molar-refractivity contribution in [2.75, 3.05) is 33.2 Å². The Bertz CT molecular complexity index is 538. The summed E-state index contributed by atoms with van der Waals surface area (Å²) in [6.07, 6.45) is 3.58. The first kappa shape index (κ1) is 23.6. The Hall–Kier alpha value is -0.410. The van der Waals surface area contributed by atoms with Crippen molar-refractivity contribution in [3.8, 4) is 0 Å². The maximum absolute atomic E-state index is 4.51. The zero-order valence-corrected chi connectivity index (χ0v) is 20.1. The second-order valence-corrected chi connectivity index (χ2v) is 8.58. The van der Waals surface area contributed by atoms with Crippen LogP contribution in [0.4, 0.5) is 0 Å². The maximum atomic E-state index is 4.51. The highest BCUT2D eigenvalue weighted by atomic mass is 127. The summed E-state index contributed by atoms with van der Waals surface area (Å²) in [6.45, 7) is 13.3. The number of guanidine groups is 1. The summed E-state index contributed by atoms with van der Waals surface area (Å²) in [7, 11) is 1.84. The lowest BCUT2D eigenvalue weighted by molar-refractivity contribution is 0.110. The Morgan fingerprint density at radius 1 is 1.35 bits per heavy atom. The Morgan fingerprint density at radius 2 is 2.04 bits per heavy atom. The zero-order valence-electron chi connectivity index (χ0n) is 16.9. The Balaban J connectivity index is 0.00000338. The molecule has 1 fully saturated rings. The molecule has 2 heterocycles. The van der Waals surface area contributed by atoms with Gasteiger partial charge in [-0.05, 0) is 44.7 Å². The largest absolute Gasteiger partial charge is 0.356 e. The quantitative estimate of drug-likeness (QED) is 0.347. The topological polar surface area (TPSA) is 52.6 Å². The molecule has 26 heavy (non-hydrogen) atoms. The molecule has 5 nitrogen and oxygen atoms in total. The van der Waals surface area contributed by atoms with Crippen LogP contribution in [0, 0.1) is 18.8 Å². The van der Waals surface area contributed by atoms with Gasteiger partial charge in [0.15, 0.2) is 5.96 Å². The van der Waals surface area contributed by atoms with Crippen molar-refractivity contribution in [1.29, 1.82) is 0 Å². The lowest BCUT2D eigenvalue weighted by Gasteiger charge is -2.39. The van der Waals surface area contributed by atoms with Gasteiger partial charge < -0.3 is 10.6 Å². The van der Waals surface area contributed by atoms with Crippen LogP contribution < -0.4 is 10.6 Å². The number of nitrogens with zero attached hydrogens (tertiary/aromatic N) is 3. The number of halogens is 1. The van der Waals surface area contributed by atoms with Crippen LogP contribution in [0.15, 0.2) is 10.4 Å². The van der Waals surface area contributed by atoms with Crippen LogP contribution in [0.5, 0.6) is 0 Å². The van der Waals surface area contributed by atoms with E-state index in [2.05, 4.69) is 58.6 Å². The number of piperidine rings is 1. The first-order chi connectivity index (χ1) is 12.0. The van der Waals surface area contributed by atoms with Gasteiger partial charge in [0, 0.05) is 38.0 Å². The Morgan fingerprint density at radius 3 is 2.58 bits per heavy atom. The van der Waals surface area contributed by atoms with Crippen molar-refractivity contribution in [1.82, 2.24) is 20.5 Å². The summed E-state index contributed by atoms with van der Waals surface area (Å²) in [6, 6.07) is 0.562. The molecule has 2 rings (SSSR count). The molecule has 0 aliphatic carbocycles. The van der Waals surface area contributed by atoms with E-state index in [-0.39, 0.29) is 24.0 Å². The van der Waals surface area contributed by atoms with Gasteiger partial charge in [0.05, 0.1) is 10.7 Å². The van der Waals surface area contributed by atoms with Gasteiger partial charge in [0.2, 0.25) is 0 Å². The smallest absolute Gasteiger partial charge is 0.191 e. The fourth-order valence-electron chi connectivity index (χ4n) is 3.40. The molecule has 7 heteroatoms. The first-order valence-electron chi connectivity index (χ1n) is 9.59. The van der Waals surface area contributed by atoms with Crippen LogP contribution in [0.2, 0.25) is 0 Å². The fraction of sp³-hybridized carbons (Fsp3) is 0.789. The van der Waals surface area contributed by atoms with E-state index in [1.54, 1.807) is 11.3 Å². The zero-order chi connectivity index (χ0) is 18.2. The predicted octanol–water partition coefficient (Wildman–Crippen LogP) is 3.53. The molecule has 0 spiro atoms. The molecule has 1 unspecified atom stereocenters. The lowest BCUT2D eigenvalue weighted by atomic mass is 9.94. The monoisotopic (exact) mass is 493 g/mol. The molecule has 1 aliphatic rings. The Kier molecular flexibility index (Phi) is 11.0. The third-order valence-corrected chi connectivity index (χ3v) is 5.92. The van der Waals surface area contributed by atoms with Gasteiger partial charge in [-0.15, -0.1) is 35.3 Å². The average molecular weight is 494 g/mol. The van der Waals surface area contributed by atoms with Gasteiger partial charge in [-0.2, -0.15) is 0 Å². The van der Waals surface area contributed by atoms with E-state index in [0.717, 1.165) is 42.1 Å². The molecule has 0 radical (unpaired) electrons. The van der Waals surface area contributed by atoms with E-state index in [9.17, 15) is 0 Å². The number of aromatic nitrogens is 1. The van der Waals surface area contributed by atoms with Crippen LogP contribution >= 0.6 is 35.3 Å². The second-order valence-electron chi connectivity index (χ2n) is 7.52. The highest BCUT2D eigenvalue weighted by Gasteiger charge is 2.25. The molecule has 0 saturated carbocycles. The van der Waals surface area contributed by atoms with E-state index in [0.29, 0.717) is 12.0 Å². The van der Waals surface area contributed by atoms with E-state index in [4.69, 9.17) is 0 Å². The van der Waals surface area contributed by atoms with Crippen molar-refractivity contribution >= 4 is 41.3 Å². The molecule has 1 aliphatic heterocycles. The normalized spacial score (nSPS) is 17.8. The number of aliphatic imine (C=N–C) groups is 1. The fourth-order valence-corrected chi connectivity index (χ4v) is 4.05. The van der Waals surface area contributed by atoms with Crippen molar-refractivity contribution in [3.63, 3.8) is 0 Å². The molecule has 2 N–H and O–H groups in total. The minimum absolute atomic E-state index is 0. The van der Waals surface area contributed by atoms with Gasteiger partial charge in [0.1, 0.15) is 0 Å². The average Bonchev–Trinajstić information content (AvgIpc) is 3.00. The molecule has 1 aromatic heterocycles. The van der Waals surface area contributed by atoms with E-state index in [1.807, 2.05) is 7.05 Å². The SMILES string of the molecule is CN=C(NCCc1csc(C)n1)NCC(C(C)C)N1CCC(C)CC1.I. The minimum Gasteiger partial charge on any atom is -0.356 e. The molecule has 0 aromatic carbocycles. The van der Waals surface area contributed by atoms with Crippen molar-refractivity contribution in [3.05, 3.63) is 16.1 Å². The molecule has 1 atom stereocenters. The summed E-state index contributed by atoms with van der Waals surface area (Å²) in [5.74, 6) is 2.40. The van der Waals surface area contributed by atoms with Gasteiger partial charge in [0.25, 0.3) is 0 Å². The second kappa shape index (κ2) is 12.1. The van der Waals surface area contributed by atoms with Crippen LogP contribution in [-0.4, -0.2) is 55.1 Å². The molecular weight excluding hydrogens is 457 g/mol.